The predicted molar refractivity (Wildman–Crippen MR) is 64.5 cm³/mol. The van der Waals surface area contributed by atoms with Crippen LogP contribution >= 0.6 is 0 Å². The fourth-order valence-corrected chi connectivity index (χ4v) is 2.44. The Bertz CT molecular complexity index is 671. The van der Waals surface area contributed by atoms with Crippen LogP contribution in [0.25, 0.3) is 11.0 Å². The molecule has 6 heteroatoms. The number of aryl methyl sites for hydroxylation is 1. The lowest BCUT2D eigenvalue weighted by molar-refractivity contribution is 0.186. The van der Waals surface area contributed by atoms with Crippen molar-refractivity contribution in [2.24, 2.45) is 7.05 Å². The van der Waals surface area contributed by atoms with Crippen LogP contribution in [0.5, 0.6) is 0 Å². The number of nitrogens with zero attached hydrogens (tertiary/aromatic N) is 2. The first-order valence-corrected chi connectivity index (χ1v) is 7.04. The molecule has 92 valence electrons. The van der Waals surface area contributed by atoms with E-state index < -0.39 is 15.9 Å². The molecule has 0 fully saturated rings. The van der Waals surface area contributed by atoms with Crippen LogP contribution in [-0.2, 0) is 16.9 Å². The first kappa shape index (κ1) is 12.1. The molecular formula is C11H14N2O3S. The van der Waals surface area contributed by atoms with Crippen molar-refractivity contribution in [3.8, 4) is 0 Å². The summed E-state index contributed by atoms with van der Waals surface area (Å²) >= 11 is 0. The fraction of sp³-hybridized carbons (Fsp3) is 0.364. The van der Waals surface area contributed by atoms with E-state index >= 15 is 0 Å². The Kier molecular flexibility index (Phi) is 2.71. The summed E-state index contributed by atoms with van der Waals surface area (Å²) in [6, 6.07) is 4.77. The Balaban J connectivity index is 2.72. The molecule has 2 aromatic rings. The normalized spacial score (nSPS) is 14.1. The van der Waals surface area contributed by atoms with Gasteiger partial charge in [0.1, 0.15) is 11.9 Å². The molecule has 2 rings (SSSR count). The fourth-order valence-electron chi connectivity index (χ4n) is 1.80. The number of rotatable bonds is 2. The summed E-state index contributed by atoms with van der Waals surface area (Å²) in [4.78, 5) is 4.47. The van der Waals surface area contributed by atoms with E-state index in [1.807, 2.05) is 0 Å². The molecule has 0 aliphatic heterocycles. The third-order valence-electron chi connectivity index (χ3n) is 2.69. The van der Waals surface area contributed by atoms with E-state index in [0.29, 0.717) is 11.3 Å². The zero-order valence-corrected chi connectivity index (χ0v) is 10.7. The van der Waals surface area contributed by atoms with Gasteiger partial charge in [0.05, 0.1) is 15.9 Å². The van der Waals surface area contributed by atoms with Crippen molar-refractivity contribution in [3.05, 3.63) is 24.0 Å². The van der Waals surface area contributed by atoms with Crippen LogP contribution in [-0.4, -0.2) is 29.3 Å². The Morgan fingerprint density at radius 3 is 2.59 bits per heavy atom. The van der Waals surface area contributed by atoms with E-state index in [1.165, 1.54) is 6.07 Å². The van der Waals surface area contributed by atoms with Gasteiger partial charge >= 0.3 is 0 Å². The predicted octanol–water partition coefficient (Wildman–Crippen LogP) is 1.03. The van der Waals surface area contributed by atoms with Gasteiger partial charge in [0.25, 0.3) is 0 Å². The molecule has 0 radical (unpaired) electrons. The van der Waals surface area contributed by atoms with E-state index in [-0.39, 0.29) is 4.90 Å². The van der Waals surface area contributed by atoms with Gasteiger partial charge < -0.3 is 9.67 Å². The highest BCUT2D eigenvalue weighted by molar-refractivity contribution is 7.90. The van der Waals surface area contributed by atoms with Crippen molar-refractivity contribution in [1.29, 1.82) is 0 Å². The van der Waals surface area contributed by atoms with E-state index in [2.05, 4.69) is 4.98 Å². The largest absolute Gasteiger partial charge is 0.385 e. The SMILES string of the molecule is CC(O)c1nc2cc(S(C)(=O)=O)ccc2n1C. The minimum absolute atomic E-state index is 0.236. The van der Waals surface area contributed by atoms with Gasteiger partial charge in [0, 0.05) is 13.3 Å². The van der Waals surface area contributed by atoms with Crippen molar-refractivity contribution >= 4 is 20.9 Å². The molecule has 5 nitrogen and oxygen atoms in total. The number of aliphatic hydroxyl groups is 1. The van der Waals surface area contributed by atoms with Crippen LogP contribution < -0.4 is 0 Å². The third kappa shape index (κ3) is 2.05. The van der Waals surface area contributed by atoms with Crippen molar-refractivity contribution in [2.45, 2.75) is 17.9 Å². The molecule has 1 atom stereocenters. The number of hydrogen-bond donors (Lipinski definition) is 1. The molecule has 0 amide bonds. The highest BCUT2D eigenvalue weighted by atomic mass is 32.2. The van der Waals surface area contributed by atoms with Crippen LogP contribution in [0.1, 0.15) is 18.9 Å². The molecular weight excluding hydrogens is 240 g/mol. The molecule has 0 aliphatic rings. The first-order chi connectivity index (χ1) is 7.80. The van der Waals surface area contributed by atoms with Gasteiger partial charge in [-0.2, -0.15) is 0 Å². The van der Waals surface area contributed by atoms with Crippen LogP contribution in [0.4, 0.5) is 0 Å². The molecule has 1 aromatic heterocycles. The highest BCUT2D eigenvalue weighted by Crippen LogP contribution is 2.22. The maximum Gasteiger partial charge on any atom is 0.175 e. The van der Waals surface area contributed by atoms with E-state index in [0.717, 1.165) is 11.8 Å². The summed E-state index contributed by atoms with van der Waals surface area (Å²) < 4.78 is 24.6. The monoisotopic (exact) mass is 254 g/mol. The summed E-state index contributed by atoms with van der Waals surface area (Å²) in [5, 5.41) is 9.53. The number of benzene rings is 1. The van der Waals surface area contributed by atoms with Gasteiger partial charge in [-0.3, -0.25) is 0 Å². The summed E-state index contributed by atoms with van der Waals surface area (Å²) in [7, 11) is -1.44. The van der Waals surface area contributed by atoms with Crippen LogP contribution in [0.2, 0.25) is 0 Å². The molecule has 17 heavy (non-hydrogen) atoms. The lowest BCUT2D eigenvalue weighted by Crippen LogP contribution is -2.01. The molecule has 1 aromatic carbocycles. The first-order valence-electron chi connectivity index (χ1n) is 5.15. The highest BCUT2D eigenvalue weighted by Gasteiger charge is 2.14. The number of aliphatic hydroxyl groups excluding tert-OH is 1. The summed E-state index contributed by atoms with van der Waals surface area (Å²) in [6.45, 7) is 1.62. The second kappa shape index (κ2) is 3.82. The topological polar surface area (TPSA) is 72.2 Å². The summed E-state index contributed by atoms with van der Waals surface area (Å²) in [5.74, 6) is 0.519. The van der Waals surface area contributed by atoms with Crippen LogP contribution in [0.3, 0.4) is 0 Å². The lowest BCUT2D eigenvalue weighted by atomic mass is 10.3. The zero-order chi connectivity index (χ0) is 12.8. The van der Waals surface area contributed by atoms with Crippen molar-refractivity contribution in [3.63, 3.8) is 0 Å². The maximum absolute atomic E-state index is 11.4. The summed E-state index contributed by atoms with van der Waals surface area (Å²) in [5.41, 5.74) is 1.37. The Hall–Kier alpha value is -1.40. The van der Waals surface area contributed by atoms with E-state index in [9.17, 15) is 13.5 Å². The lowest BCUT2D eigenvalue weighted by Gasteiger charge is -2.03. The minimum atomic E-state index is -3.23. The van der Waals surface area contributed by atoms with E-state index in [1.54, 1.807) is 30.7 Å². The van der Waals surface area contributed by atoms with Crippen molar-refractivity contribution < 1.29 is 13.5 Å². The minimum Gasteiger partial charge on any atom is -0.385 e. The molecule has 0 spiro atoms. The zero-order valence-electron chi connectivity index (χ0n) is 9.88. The van der Waals surface area contributed by atoms with Crippen LogP contribution in [0, 0.1) is 0 Å². The van der Waals surface area contributed by atoms with Gasteiger partial charge in [-0.15, -0.1) is 0 Å². The molecule has 1 unspecified atom stereocenters. The maximum atomic E-state index is 11.4. The quantitative estimate of drug-likeness (QED) is 0.868. The number of fused-ring (bicyclic) bond motifs is 1. The Morgan fingerprint density at radius 1 is 1.41 bits per heavy atom. The number of hydrogen-bond acceptors (Lipinski definition) is 4. The second-order valence-electron chi connectivity index (χ2n) is 4.13. The Morgan fingerprint density at radius 2 is 2.06 bits per heavy atom. The molecule has 0 bridgehead atoms. The molecule has 1 heterocycles. The van der Waals surface area contributed by atoms with Crippen molar-refractivity contribution in [1.82, 2.24) is 9.55 Å². The van der Waals surface area contributed by atoms with Gasteiger partial charge in [-0.1, -0.05) is 0 Å². The smallest absolute Gasteiger partial charge is 0.175 e. The number of aromatic nitrogens is 2. The third-order valence-corrected chi connectivity index (χ3v) is 3.80. The van der Waals surface area contributed by atoms with Gasteiger partial charge in [0.2, 0.25) is 0 Å². The molecule has 0 aliphatic carbocycles. The number of imidazole rings is 1. The molecule has 0 saturated heterocycles. The average molecular weight is 254 g/mol. The molecule has 1 N–H and O–H groups in total. The van der Waals surface area contributed by atoms with Gasteiger partial charge in [0.15, 0.2) is 9.84 Å². The van der Waals surface area contributed by atoms with Crippen molar-refractivity contribution in [2.75, 3.05) is 6.26 Å². The Labute approximate surface area is 99.6 Å². The van der Waals surface area contributed by atoms with Gasteiger partial charge in [-0.05, 0) is 25.1 Å². The molecule has 0 saturated carbocycles. The van der Waals surface area contributed by atoms with E-state index in [4.69, 9.17) is 0 Å². The number of sulfone groups is 1. The van der Waals surface area contributed by atoms with Gasteiger partial charge in [-0.25, -0.2) is 13.4 Å². The second-order valence-corrected chi connectivity index (χ2v) is 6.14. The summed E-state index contributed by atoms with van der Waals surface area (Å²) in [6.07, 6.45) is 0.473. The average Bonchev–Trinajstić information content (AvgIpc) is 2.54. The standard InChI is InChI=1S/C11H14N2O3S/c1-7(14)11-12-9-6-8(17(3,15)16)4-5-10(9)13(11)2/h4-7,14H,1-3H3. The van der Waals surface area contributed by atoms with Crippen LogP contribution in [0.15, 0.2) is 23.1 Å².